The molecule has 0 bridgehead atoms. The number of nitrogens with zero attached hydrogens (tertiary/aromatic N) is 3. The minimum atomic E-state index is -4.88. The Bertz CT molecular complexity index is 1700. The molecule has 5 rings (SSSR count). The van der Waals surface area contributed by atoms with Crippen LogP contribution < -0.4 is 10.6 Å². The van der Waals surface area contributed by atoms with Gasteiger partial charge >= 0.3 is 12.4 Å². The minimum absolute atomic E-state index is 0.0251. The molecule has 0 unspecified atom stereocenters. The zero-order valence-electron chi connectivity index (χ0n) is 24.5. The van der Waals surface area contributed by atoms with Crippen molar-refractivity contribution in [3.05, 3.63) is 100 Å². The van der Waals surface area contributed by atoms with E-state index in [1.54, 1.807) is 6.20 Å². The Morgan fingerprint density at radius 1 is 0.804 bits per heavy atom. The zero-order valence-corrected chi connectivity index (χ0v) is 25.3. The minimum Gasteiger partial charge on any atom is -0.322 e. The lowest BCUT2D eigenvalue weighted by atomic mass is 10.0. The lowest BCUT2D eigenvalue weighted by molar-refractivity contribution is -0.139. The predicted molar refractivity (Wildman–Crippen MR) is 164 cm³/mol. The molecule has 1 aliphatic rings. The highest BCUT2D eigenvalue weighted by molar-refractivity contribution is 7.13. The van der Waals surface area contributed by atoms with Crippen molar-refractivity contribution in [2.24, 2.45) is 0 Å². The number of likely N-dealkylation sites (N-methyl/N-ethyl adjacent to an activating group) is 1. The lowest BCUT2D eigenvalue weighted by Crippen LogP contribution is -2.45. The quantitative estimate of drug-likeness (QED) is 0.192. The van der Waals surface area contributed by atoms with Crippen LogP contribution in [0.2, 0.25) is 0 Å². The highest BCUT2D eigenvalue weighted by Crippen LogP contribution is 2.36. The number of rotatable bonds is 8. The monoisotopic (exact) mass is 661 g/mol. The molecule has 1 fully saturated rings. The summed E-state index contributed by atoms with van der Waals surface area (Å²) in [5.74, 6) is -1.85. The second-order valence-corrected chi connectivity index (χ2v) is 11.7. The Labute approximate surface area is 264 Å². The van der Waals surface area contributed by atoms with E-state index in [9.17, 15) is 35.9 Å². The number of halogens is 6. The van der Waals surface area contributed by atoms with E-state index in [0.29, 0.717) is 30.8 Å². The van der Waals surface area contributed by atoms with Crippen LogP contribution in [-0.4, -0.2) is 59.3 Å². The van der Waals surface area contributed by atoms with Gasteiger partial charge in [0.1, 0.15) is 0 Å². The van der Waals surface area contributed by atoms with E-state index < -0.39 is 40.9 Å². The Hall–Kier alpha value is -4.27. The van der Waals surface area contributed by atoms with Crippen molar-refractivity contribution in [1.82, 2.24) is 14.8 Å². The molecule has 2 aromatic heterocycles. The van der Waals surface area contributed by atoms with E-state index in [1.165, 1.54) is 35.7 Å². The van der Waals surface area contributed by atoms with Crippen LogP contribution in [0.4, 0.5) is 37.7 Å². The molecule has 242 valence electrons. The fraction of sp³-hybridized carbons (Fsp3) is 0.281. The molecule has 3 heterocycles. The Balaban J connectivity index is 1.36. The molecular weight excluding hydrogens is 632 g/mol. The first-order valence-electron chi connectivity index (χ1n) is 14.3. The Morgan fingerprint density at radius 3 is 2.15 bits per heavy atom. The number of carbonyl (C=O) groups excluding carboxylic acids is 2. The smallest absolute Gasteiger partial charge is 0.322 e. The van der Waals surface area contributed by atoms with Crippen molar-refractivity contribution in [3.8, 4) is 10.4 Å². The molecule has 0 saturated carbocycles. The first-order chi connectivity index (χ1) is 21.8. The molecule has 2 N–H and O–H groups in total. The third kappa shape index (κ3) is 8.11. The van der Waals surface area contributed by atoms with Crippen molar-refractivity contribution in [1.29, 1.82) is 0 Å². The molecule has 1 saturated heterocycles. The number of anilines is 2. The summed E-state index contributed by atoms with van der Waals surface area (Å²) in [6.07, 6.45) is -6.82. The van der Waals surface area contributed by atoms with Gasteiger partial charge in [-0.25, -0.2) is 0 Å². The molecule has 0 aliphatic carbocycles. The molecule has 1 aliphatic heterocycles. The van der Waals surface area contributed by atoms with E-state index >= 15 is 0 Å². The van der Waals surface area contributed by atoms with Crippen molar-refractivity contribution in [2.75, 3.05) is 43.4 Å². The van der Waals surface area contributed by atoms with Gasteiger partial charge in [-0.2, -0.15) is 26.3 Å². The fourth-order valence-corrected chi connectivity index (χ4v) is 5.81. The van der Waals surface area contributed by atoms with Crippen LogP contribution in [0.15, 0.2) is 72.4 Å². The highest BCUT2D eigenvalue weighted by atomic mass is 32.1. The predicted octanol–water partition coefficient (Wildman–Crippen LogP) is 7.49. The molecule has 2 amide bonds. The number of aromatic nitrogens is 1. The standard InChI is InChI=1S/C32H29F6N5O2S/c1-2-42-7-9-43(10-8-42)19-20-5-6-25(16-27(20)32(36,37)38)40-29(44)21-13-24(31(33,34)35)15-26(14-21)41-30(45)23-12-22(17-39-18-23)28-4-3-11-46-28/h3-6,11-18H,2,7-10,19H2,1H3,(H,40,44)(H,41,45). The van der Waals surface area contributed by atoms with Crippen LogP contribution in [0.3, 0.4) is 0 Å². The number of alkyl halides is 6. The van der Waals surface area contributed by atoms with Crippen LogP contribution >= 0.6 is 11.3 Å². The van der Waals surface area contributed by atoms with Crippen LogP contribution in [0.25, 0.3) is 10.4 Å². The fourth-order valence-electron chi connectivity index (χ4n) is 5.10. The van der Waals surface area contributed by atoms with E-state index in [2.05, 4.69) is 20.5 Å². The van der Waals surface area contributed by atoms with Crippen LogP contribution in [-0.2, 0) is 18.9 Å². The summed E-state index contributed by atoms with van der Waals surface area (Å²) < 4.78 is 83.5. The van der Waals surface area contributed by atoms with Gasteiger partial charge in [0.15, 0.2) is 0 Å². The maximum atomic E-state index is 14.1. The molecule has 7 nitrogen and oxygen atoms in total. The van der Waals surface area contributed by atoms with Crippen LogP contribution in [0, 0.1) is 0 Å². The average molecular weight is 662 g/mol. The molecule has 46 heavy (non-hydrogen) atoms. The SMILES string of the molecule is CCN1CCN(Cc2ccc(NC(=O)c3cc(NC(=O)c4cncc(-c5cccs5)c4)cc(C(F)(F)F)c3)cc2C(F)(F)F)CC1. The number of amides is 2. The topological polar surface area (TPSA) is 77.6 Å². The molecule has 4 aromatic rings. The summed E-state index contributed by atoms with van der Waals surface area (Å²) in [6, 6.07) is 10.8. The second kappa shape index (κ2) is 13.6. The number of pyridine rings is 1. The number of hydrogen-bond donors (Lipinski definition) is 2. The summed E-state index contributed by atoms with van der Waals surface area (Å²) in [6.45, 7) is 5.63. The third-order valence-corrected chi connectivity index (χ3v) is 8.48. The van der Waals surface area contributed by atoms with Crippen molar-refractivity contribution >= 4 is 34.5 Å². The van der Waals surface area contributed by atoms with Gasteiger partial charge in [0.2, 0.25) is 0 Å². The zero-order chi connectivity index (χ0) is 33.1. The highest BCUT2D eigenvalue weighted by Gasteiger charge is 2.35. The van der Waals surface area contributed by atoms with Gasteiger partial charge in [0, 0.05) is 72.5 Å². The summed E-state index contributed by atoms with van der Waals surface area (Å²) in [7, 11) is 0. The van der Waals surface area contributed by atoms with E-state index in [1.807, 2.05) is 29.3 Å². The van der Waals surface area contributed by atoms with Crippen molar-refractivity contribution in [3.63, 3.8) is 0 Å². The first-order valence-corrected chi connectivity index (χ1v) is 15.2. The Kier molecular flexibility index (Phi) is 9.79. The third-order valence-electron chi connectivity index (χ3n) is 7.57. The Morgan fingerprint density at radius 2 is 1.50 bits per heavy atom. The number of hydrogen-bond acceptors (Lipinski definition) is 6. The van der Waals surface area contributed by atoms with Gasteiger partial charge < -0.3 is 15.5 Å². The number of carbonyl (C=O) groups is 2. The summed E-state index contributed by atoms with van der Waals surface area (Å²) in [4.78, 5) is 35.1. The van der Waals surface area contributed by atoms with Gasteiger partial charge in [0.05, 0.1) is 16.7 Å². The molecule has 14 heteroatoms. The lowest BCUT2D eigenvalue weighted by Gasteiger charge is -2.34. The molecule has 0 radical (unpaired) electrons. The van der Waals surface area contributed by atoms with Crippen LogP contribution in [0.5, 0.6) is 0 Å². The van der Waals surface area contributed by atoms with E-state index in [-0.39, 0.29) is 29.0 Å². The number of piperazine rings is 1. The second-order valence-electron chi connectivity index (χ2n) is 10.7. The number of nitrogens with one attached hydrogen (secondary N) is 2. The number of thiophene rings is 1. The summed E-state index contributed by atoms with van der Waals surface area (Å²) >= 11 is 1.41. The molecule has 0 atom stereocenters. The first kappa shape index (κ1) is 33.1. The van der Waals surface area contributed by atoms with Gasteiger partial charge in [-0.05, 0) is 60.0 Å². The van der Waals surface area contributed by atoms with E-state index in [4.69, 9.17) is 0 Å². The van der Waals surface area contributed by atoms with Gasteiger partial charge in [0.25, 0.3) is 11.8 Å². The average Bonchev–Trinajstić information content (AvgIpc) is 3.56. The van der Waals surface area contributed by atoms with Gasteiger partial charge in [-0.15, -0.1) is 11.3 Å². The normalized spacial score (nSPS) is 14.7. The number of benzene rings is 2. The molecule has 0 spiro atoms. The summed E-state index contributed by atoms with van der Waals surface area (Å²) in [5.41, 5.74) is -2.53. The van der Waals surface area contributed by atoms with Gasteiger partial charge in [-0.1, -0.05) is 19.1 Å². The largest absolute Gasteiger partial charge is 0.416 e. The maximum absolute atomic E-state index is 14.1. The van der Waals surface area contributed by atoms with E-state index in [0.717, 1.165) is 36.6 Å². The summed E-state index contributed by atoms with van der Waals surface area (Å²) in [5, 5.41) is 6.49. The van der Waals surface area contributed by atoms with Crippen LogP contribution in [0.1, 0.15) is 44.3 Å². The van der Waals surface area contributed by atoms with Crippen molar-refractivity contribution < 1.29 is 35.9 Å². The molecule has 2 aromatic carbocycles. The van der Waals surface area contributed by atoms with Crippen molar-refractivity contribution in [2.45, 2.75) is 25.8 Å². The van der Waals surface area contributed by atoms with Gasteiger partial charge in [-0.3, -0.25) is 19.5 Å². The maximum Gasteiger partial charge on any atom is 0.416 e. The molecular formula is C32H29F6N5O2S.